The van der Waals surface area contributed by atoms with Gasteiger partial charge in [0, 0.05) is 6.20 Å². The molecule has 0 aliphatic rings. The van der Waals surface area contributed by atoms with E-state index in [0.717, 1.165) is 0 Å². The van der Waals surface area contributed by atoms with Crippen molar-refractivity contribution < 1.29 is 0 Å². The molecule has 13 heavy (non-hydrogen) atoms. The zero-order chi connectivity index (χ0) is 9.68. The van der Waals surface area contributed by atoms with E-state index in [1.165, 1.54) is 6.21 Å². The quantitative estimate of drug-likeness (QED) is 0.358. The molecule has 0 unspecified atom stereocenters. The average molecular weight is 178 g/mol. The molecular weight excluding hydrogens is 168 g/mol. The van der Waals surface area contributed by atoms with E-state index in [-0.39, 0.29) is 5.96 Å². The number of aromatic nitrogens is 2. The van der Waals surface area contributed by atoms with Gasteiger partial charge >= 0.3 is 0 Å². The smallest absolute Gasteiger partial charge is 0.211 e. The lowest BCUT2D eigenvalue weighted by Gasteiger charge is -1.91. The van der Waals surface area contributed by atoms with Gasteiger partial charge in [-0.3, -0.25) is 0 Å². The van der Waals surface area contributed by atoms with E-state index >= 15 is 0 Å². The van der Waals surface area contributed by atoms with Gasteiger partial charge < -0.3 is 11.5 Å². The molecule has 1 heterocycles. The van der Waals surface area contributed by atoms with Crippen LogP contribution >= 0.6 is 0 Å². The summed E-state index contributed by atoms with van der Waals surface area (Å²) in [5.74, 6) is 0.593. The summed E-state index contributed by atoms with van der Waals surface area (Å²) in [6.45, 7) is 1.79. The van der Waals surface area contributed by atoms with Crippen LogP contribution in [0.3, 0.4) is 0 Å². The van der Waals surface area contributed by atoms with Crippen molar-refractivity contribution in [3.63, 3.8) is 0 Å². The maximum absolute atomic E-state index is 5.07. The molecule has 0 aromatic carbocycles. The Hall–Kier alpha value is -1.98. The Kier molecular flexibility index (Phi) is 2.91. The monoisotopic (exact) mass is 178 g/mol. The van der Waals surface area contributed by atoms with E-state index in [2.05, 4.69) is 20.2 Å². The van der Waals surface area contributed by atoms with Crippen molar-refractivity contribution in [2.75, 3.05) is 0 Å². The number of nitrogens with zero attached hydrogens (tertiary/aromatic N) is 4. The second-order valence-electron chi connectivity index (χ2n) is 2.30. The highest BCUT2D eigenvalue weighted by molar-refractivity contribution is 5.79. The summed E-state index contributed by atoms with van der Waals surface area (Å²) < 4.78 is 0. The molecule has 1 aromatic rings. The van der Waals surface area contributed by atoms with Gasteiger partial charge in [-0.2, -0.15) is 5.10 Å². The summed E-state index contributed by atoms with van der Waals surface area (Å²) in [5, 5.41) is 7.04. The normalized spacial score (nSPS) is 10.2. The van der Waals surface area contributed by atoms with Gasteiger partial charge in [-0.25, -0.2) is 9.97 Å². The first-order chi connectivity index (χ1) is 6.18. The molecule has 0 aliphatic carbocycles. The minimum atomic E-state index is -0.0815. The molecule has 4 N–H and O–H groups in total. The topological polar surface area (TPSA) is 103 Å². The molecule has 0 saturated carbocycles. The van der Waals surface area contributed by atoms with Gasteiger partial charge in [0.05, 0.1) is 11.9 Å². The third-order valence-electron chi connectivity index (χ3n) is 1.16. The maximum atomic E-state index is 5.07. The molecule has 0 saturated heterocycles. The number of guanidine groups is 1. The van der Waals surface area contributed by atoms with Crippen molar-refractivity contribution in [2.45, 2.75) is 6.92 Å². The van der Waals surface area contributed by atoms with Gasteiger partial charge in [-0.05, 0) is 13.0 Å². The number of aryl methyl sites for hydroxylation is 1. The molecule has 0 atom stereocenters. The Morgan fingerprint density at radius 1 is 1.54 bits per heavy atom. The fourth-order valence-corrected chi connectivity index (χ4v) is 0.701. The van der Waals surface area contributed by atoms with Crippen LogP contribution in [0.4, 0.5) is 0 Å². The summed E-state index contributed by atoms with van der Waals surface area (Å²) in [6.07, 6.45) is 3.09. The highest BCUT2D eigenvalue weighted by atomic mass is 15.3. The zero-order valence-electron chi connectivity index (χ0n) is 7.18. The molecule has 0 spiro atoms. The van der Waals surface area contributed by atoms with Crippen molar-refractivity contribution in [1.82, 2.24) is 9.97 Å². The molecular formula is C7H10N6. The zero-order valence-corrected chi connectivity index (χ0v) is 7.18. The fraction of sp³-hybridized carbons (Fsp3) is 0.143. The Bertz CT molecular complexity index is 339. The SMILES string of the molecule is Cc1nccc(/C=N/N=C(N)N)n1. The molecule has 0 radical (unpaired) electrons. The summed E-state index contributed by atoms with van der Waals surface area (Å²) in [5.41, 5.74) is 10.8. The second kappa shape index (κ2) is 4.15. The third-order valence-corrected chi connectivity index (χ3v) is 1.16. The molecule has 6 heteroatoms. The van der Waals surface area contributed by atoms with Crippen molar-refractivity contribution in [3.05, 3.63) is 23.8 Å². The van der Waals surface area contributed by atoms with Gasteiger partial charge in [0.15, 0.2) is 0 Å². The largest absolute Gasteiger partial charge is 0.369 e. The molecule has 1 aromatic heterocycles. The standard InChI is InChI=1S/C7H10N6/c1-5-10-3-2-6(12-5)4-11-13-7(8)9/h2-4H,1H3,(H4,8,9,13)/b11-4+. The molecule has 0 bridgehead atoms. The lowest BCUT2D eigenvalue weighted by molar-refractivity contribution is 1.04. The molecule has 0 aliphatic heterocycles. The van der Waals surface area contributed by atoms with E-state index in [1.807, 2.05) is 0 Å². The molecule has 0 amide bonds. The average Bonchev–Trinajstić information content (AvgIpc) is 2.03. The minimum Gasteiger partial charge on any atom is -0.369 e. The lowest BCUT2D eigenvalue weighted by Crippen LogP contribution is -2.21. The van der Waals surface area contributed by atoms with E-state index in [9.17, 15) is 0 Å². The highest BCUT2D eigenvalue weighted by Gasteiger charge is 1.89. The summed E-state index contributed by atoms with van der Waals surface area (Å²) in [6, 6.07) is 1.71. The van der Waals surface area contributed by atoms with Crippen LogP contribution in [0.2, 0.25) is 0 Å². The number of hydrogen-bond acceptors (Lipinski definition) is 4. The number of hydrogen-bond donors (Lipinski definition) is 2. The Morgan fingerprint density at radius 2 is 2.31 bits per heavy atom. The Balaban J connectivity index is 2.75. The summed E-state index contributed by atoms with van der Waals surface area (Å²) in [4.78, 5) is 7.98. The van der Waals surface area contributed by atoms with Crippen molar-refractivity contribution >= 4 is 12.2 Å². The Labute approximate surface area is 75.4 Å². The lowest BCUT2D eigenvalue weighted by atomic mass is 10.4. The maximum Gasteiger partial charge on any atom is 0.211 e. The van der Waals surface area contributed by atoms with Gasteiger partial charge in [0.2, 0.25) is 5.96 Å². The predicted molar refractivity (Wildman–Crippen MR) is 50.2 cm³/mol. The molecule has 1 rings (SSSR count). The van der Waals surface area contributed by atoms with Gasteiger partial charge in [-0.1, -0.05) is 0 Å². The Morgan fingerprint density at radius 3 is 2.92 bits per heavy atom. The van der Waals surface area contributed by atoms with E-state index in [0.29, 0.717) is 11.5 Å². The first-order valence-electron chi connectivity index (χ1n) is 3.60. The van der Waals surface area contributed by atoms with E-state index in [1.54, 1.807) is 19.2 Å². The van der Waals surface area contributed by atoms with E-state index < -0.39 is 0 Å². The van der Waals surface area contributed by atoms with Gasteiger partial charge in [0.1, 0.15) is 5.82 Å². The van der Waals surface area contributed by atoms with Crippen LogP contribution < -0.4 is 11.5 Å². The minimum absolute atomic E-state index is 0.0815. The van der Waals surface area contributed by atoms with Crippen LogP contribution in [0.25, 0.3) is 0 Å². The van der Waals surface area contributed by atoms with Crippen molar-refractivity contribution in [3.8, 4) is 0 Å². The first kappa shape index (κ1) is 9.11. The van der Waals surface area contributed by atoms with Gasteiger partial charge in [-0.15, -0.1) is 5.10 Å². The van der Waals surface area contributed by atoms with Crippen LogP contribution in [0.1, 0.15) is 11.5 Å². The van der Waals surface area contributed by atoms with Crippen molar-refractivity contribution in [2.24, 2.45) is 21.7 Å². The van der Waals surface area contributed by atoms with Crippen LogP contribution in [-0.4, -0.2) is 22.1 Å². The van der Waals surface area contributed by atoms with Crippen molar-refractivity contribution in [1.29, 1.82) is 0 Å². The fourth-order valence-electron chi connectivity index (χ4n) is 0.701. The summed E-state index contributed by atoms with van der Waals surface area (Å²) in [7, 11) is 0. The van der Waals surface area contributed by atoms with Crippen LogP contribution in [0, 0.1) is 6.92 Å². The van der Waals surface area contributed by atoms with E-state index in [4.69, 9.17) is 11.5 Å². The second-order valence-corrected chi connectivity index (χ2v) is 2.30. The summed E-state index contributed by atoms with van der Waals surface area (Å²) >= 11 is 0. The first-order valence-corrected chi connectivity index (χ1v) is 3.60. The number of nitrogens with two attached hydrogens (primary N) is 2. The molecule has 6 nitrogen and oxygen atoms in total. The van der Waals surface area contributed by atoms with Crippen LogP contribution in [0.5, 0.6) is 0 Å². The highest BCUT2D eigenvalue weighted by Crippen LogP contribution is 1.90. The van der Waals surface area contributed by atoms with Crippen LogP contribution in [-0.2, 0) is 0 Å². The molecule has 0 fully saturated rings. The van der Waals surface area contributed by atoms with Gasteiger partial charge in [0.25, 0.3) is 0 Å². The third kappa shape index (κ3) is 3.28. The predicted octanol–water partition coefficient (Wildman–Crippen LogP) is -0.608. The number of rotatable bonds is 2. The van der Waals surface area contributed by atoms with Crippen LogP contribution in [0.15, 0.2) is 22.5 Å². The molecule has 68 valence electrons.